The highest BCUT2D eigenvalue weighted by molar-refractivity contribution is 7.71. The van der Waals surface area contributed by atoms with Gasteiger partial charge in [-0.3, -0.25) is 9.78 Å². The van der Waals surface area contributed by atoms with Gasteiger partial charge >= 0.3 is 11.7 Å². The maximum atomic E-state index is 11.5. The number of carbonyl (C=O) groups excluding carboxylic acids is 1. The van der Waals surface area contributed by atoms with Crippen LogP contribution in [0.5, 0.6) is 0 Å². The normalized spacial score (nSPS) is 22.2. The Hall–Kier alpha value is -1.43. The van der Waals surface area contributed by atoms with Crippen molar-refractivity contribution in [3.63, 3.8) is 0 Å². The number of hydrogen-bond donors (Lipinski definition) is 1. The minimum absolute atomic E-state index is 0.185. The standard InChI is InChI=1S/C11H14N2O3S/c1-7(14)16-6-9-4-8(9)5-13-3-2-10(17)12-11(13)15/h2-3,8-9H,4-6H2,1H3,(H,12,15,17)/t8-,9+/m1/s1. The van der Waals surface area contributed by atoms with E-state index < -0.39 is 0 Å². The van der Waals surface area contributed by atoms with Crippen molar-refractivity contribution in [1.82, 2.24) is 9.55 Å². The molecule has 0 radical (unpaired) electrons. The molecule has 6 heteroatoms. The lowest BCUT2D eigenvalue weighted by Crippen LogP contribution is -2.23. The summed E-state index contributed by atoms with van der Waals surface area (Å²) in [7, 11) is 0. The summed E-state index contributed by atoms with van der Waals surface area (Å²) in [4.78, 5) is 24.7. The highest BCUT2D eigenvalue weighted by Crippen LogP contribution is 2.39. The number of nitrogens with zero attached hydrogens (tertiary/aromatic N) is 1. The molecule has 1 aromatic heterocycles. The fraction of sp³-hybridized carbons (Fsp3) is 0.545. The molecule has 17 heavy (non-hydrogen) atoms. The zero-order valence-electron chi connectivity index (χ0n) is 9.51. The Morgan fingerprint density at radius 3 is 3.06 bits per heavy atom. The Morgan fingerprint density at radius 2 is 2.41 bits per heavy atom. The van der Waals surface area contributed by atoms with Crippen LogP contribution in [0.3, 0.4) is 0 Å². The van der Waals surface area contributed by atoms with Gasteiger partial charge in [-0.05, 0) is 24.3 Å². The van der Waals surface area contributed by atoms with Crippen molar-refractivity contribution < 1.29 is 9.53 Å². The van der Waals surface area contributed by atoms with Crippen LogP contribution in [0.1, 0.15) is 13.3 Å². The molecule has 1 heterocycles. The van der Waals surface area contributed by atoms with Crippen molar-refractivity contribution in [1.29, 1.82) is 0 Å². The molecule has 2 rings (SSSR count). The quantitative estimate of drug-likeness (QED) is 0.645. The number of carbonyl (C=O) groups is 1. The maximum absolute atomic E-state index is 11.5. The van der Waals surface area contributed by atoms with Crippen molar-refractivity contribution in [2.75, 3.05) is 6.61 Å². The van der Waals surface area contributed by atoms with Crippen molar-refractivity contribution >= 4 is 18.2 Å². The molecule has 0 spiro atoms. The van der Waals surface area contributed by atoms with Gasteiger partial charge in [-0.25, -0.2) is 4.79 Å². The topological polar surface area (TPSA) is 64.1 Å². The van der Waals surface area contributed by atoms with Crippen molar-refractivity contribution in [3.05, 3.63) is 27.4 Å². The number of ether oxygens (including phenoxy) is 1. The van der Waals surface area contributed by atoms with Crippen LogP contribution in [-0.2, 0) is 16.1 Å². The fourth-order valence-electron chi connectivity index (χ4n) is 1.80. The Balaban J connectivity index is 1.89. The largest absolute Gasteiger partial charge is 0.466 e. The first kappa shape index (κ1) is 12.0. The van der Waals surface area contributed by atoms with Crippen LogP contribution >= 0.6 is 12.2 Å². The molecule has 0 saturated heterocycles. The lowest BCUT2D eigenvalue weighted by atomic mass is 10.3. The van der Waals surface area contributed by atoms with E-state index in [1.807, 2.05) is 0 Å². The van der Waals surface area contributed by atoms with Gasteiger partial charge in [0.05, 0.1) is 6.61 Å². The Morgan fingerprint density at radius 1 is 1.65 bits per heavy atom. The van der Waals surface area contributed by atoms with Crippen molar-refractivity contribution in [2.24, 2.45) is 11.8 Å². The summed E-state index contributed by atoms with van der Waals surface area (Å²) < 4.78 is 6.98. The van der Waals surface area contributed by atoms with E-state index in [4.69, 9.17) is 17.0 Å². The summed E-state index contributed by atoms with van der Waals surface area (Å²) in [6.45, 7) is 2.51. The second-order valence-electron chi connectivity index (χ2n) is 4.32. The Bertz CT molecular complexity index is 534. The SMILES string of the molecule is CC(=O)OC[C@@H]1C[C@@H]1Cn1ccc(=S)[nH]c1=O. The first-order valence-corrected chi connectivity index (χ1v) is 5.90. The van der Waals surface area contributed by atoms with E-state index >= 15 is 0 Å². The summed E-state index contributed by atoms with van der Waals surface area (Å²) in [6.07, 6.45) is 2.69. The Labute approximate surface area is 103 Å². The number of aromatic nitrogens is 2. The number of H-pyrrole nitrogens is 1. The smallest absolute Gasteiger partial charge is 0.326 e. The van der Waals surface area contributed by atoms with Crippen LogP contribution in [0.2, 0.25) is 0 Å². The average molecular weight is 254 g/mol. The molecule has 0 unspecified atom stereocenters. The second-order valence-corrected chi connectivity index (χ2v) is 4.76. The predicted octanol–water partition coefficient (Wildman–Crippen LogP) is 1.11. The van der Waals surface area contributed by atoms with E-state index in [9.17, 15) is 9.59 Å². The summed E-state index contributed by atoms with van der Waals surface area (Å²) in [5.41, 5.74) is -0.185. The van der Waals surface area contributed by atoms with Gasteiger partial charge in [-0.1, -0.05) is 12.2 Å². The molecule has 5 nitrogen and oxygen atoms in total. The third-order valence-electron chi connectivity index (χ3n) is 2.90. The van der Waals surface area contributed by atoms with Gasteiger partial charge in [0.15, 0.2) is 0 Å². The van der Waals surface area contributed by atoms with E-state index in [0.717, 1.165) is 6.42 Å². The number of esters is 1. The summed E-state index contributed by atoms with van der Waals surface area (Å²) >= 11 is 4.86. The van der Waals surface area contributed by atoms with Crippen molar-refractivity contribution in [3.8, 4) is 0 Å². The Kier molecular flexibility index (Phi) is 3.42. The molecule has 0 aliphatic heterocycles. The van der Waals surface area contributed by atoms with Gasteiger partial charge in [-0.2, -0.15) is 0 Å². The molecule has 1 fully saturated rings. The summed E-state index contributed by atoms with van der Waals surface area (Å²) in [6, 6.07) is 1.69. The number of aromatic amines is 1. The highest BCUT2D eigenvalue weighted by atomic mass is 32.1. The second kappa shape index (κ2) is 4.83. The lowest BCUT2D eigenvalue weighted by Gasteiger charge is -2.04. The summed E-state index contributed by atoms with van der Waals surface area (Å²) in [5.74, 6) is 0.544. The van der Waals surface area contributed by atoms with Crippen LogP contribution in [0.25, 0.3) is 0 Å². The van der Waals surface area contributed by atoms with Gasteiger partial charge in [0, 0.05) is 19.7 Å². The molecule has 1 aliphatic rings. The number of hydrogen-bond acceptors (Lipinski definition) is 4. The summed E-state index contributed by atoms with van der Waals surface area (Å²) in [5, 5.41) is 0. The molecule has 1 N–H and O–H groups in total. The van der Waals surface area contributed by atoms with E-state index in [1.165, 1.54) is 6.92 Å². The average Bonchev–Trinajstić information content (AvgIpc) is 2.98. The number of rotatable bonds is 4. The predicted molar refractivity (Wildman–Crippen MR) is 64.1 cm³/mol. The number of nitrogens with one attached hydrogen (secondary N) is 1. The lowest BCUT2D eigenvalue weighted by molar-refractivity contribution is -0.141. The van der Waals surface area contributed by atoms with Gasteiger partial charge in [0.1, 0.15) is 4.64 Å². The van der Waals surface area contributed by atoms with Crippen LogP contribution in [-0.4, -0.2) is 22.1 Å². The van der Waals surface area contributed by atoms with E-state index in [0.29, 0.717) is 29.6 Å². The third-order valence-corrected chi connectivity index (χ3v) is 3.14. The highest BCUT2D eigenvalue weighted by Gasteiger charge is 2.38. The first-order valence-electron chi connectivity index (χ1n) is 5.49. The maximum Gasteiger partial charge on any atom is 0.326 e. The van der Waals surface area contributed by atoms with Crippen LogP contribution in [0, 0.1) is 16.5 Å². The molecule has 0 amide bonds. The molecular formula is C11H14N2O3S. The molecule has 0 bridgehead atoms. The van der Waals surface area contributed by atoms with Gasteiger partial charge < -0.3 is 9.30 Å². The minimum atomic E-state index is -0.253. The van der Waals surface area contributed by atoms with Crippen LogP contribution < -0.4 is 5.69 Å². The molecule has 0 aromatic carbocycles. The van der Waals surface area contributed by atoms with Crippen molar-refractivity contribution in [2.45, 2.75) is 19.9 Å². The zero-order chi connectivity index (χ0) is 12.4. The molecule has 2 atom stereocenters. The van der Waals surface area contributed by atoms with Gasteiger partial charge in [0.25, 0.3) is 0 Å². The monoisotopic (exact) mass is 254 g/mol. The van der Waals surface area contributed by atoms with E-state index in [2.05, 4.69) is 4.98 Å². The fourth-order valence-corrected chi connectivity index (χ4v) is 1.95. The zero-order valence-corrected chi connectivity index (χ0v) is 10.3. The molecule has 1 saturated carbocycles. The minimum Gasteiger partial charge on any atom is -0.466 e. The molecule has 92 valence electrons. The van der Waals surface area contributed by atoms with E-state index in [1.54, 1.807) is 16.8 Å². The van der Waals surface area contributed by atoms with Gasteiger partial charge in [0.2, 0.25) is 0 Å². The van der Waals surface area contributed by atoms with E-state index in [-0.39, 0.29) is 11.7 Å². The van der Waals surface area contributed by atoms with Gasteiger partial charge in [-0.15, -0.1) is 0 Å². The molecule has 1 aromatic rings. The third kappa shape index (κ3) is 3.26. The van der Waals surface area contributed by atoms with Crippen LogP contribution in [0.4, 0.5) is 0 Å². The molecule has 1 aliphatic carbocycles. The molecular weight excluding hydrogens is 240 g/mol. The first-order chi connectivity index (χ1) is 8.06. The van der Waals surface area contributed by atoms with Crippen LogP contribution in [0.15, 0.2) is 17.1 Å².